The van der Waals surface area contributed by atoms with Gasteiger partial charge in [-0.3, -0.25) is 53.0 Å². The fourth-order valence-electron chi connectivity index (χ4n) is 11.8. The summed E-state index contributed by atoms with van der Waals surface area (Å²) in [6.45, 7) is 16.8. The van der Waals surface area contributed by atoms with Gasteiger partial charge in [0, 0.05) is 84.0 Å². The number of methoxy groups -OCH3 is 2. The first-order chi connectivity index (χ1) is 38.6. The lowest BCUT2D eigenvalue weighted by Gasteiger charge is -2.41. The molecule has 81 heavy (non-hydrogen) atoms. The fraction of sp³-hybridized carbons (Fsp3) is 0.641. The number of hydrogen-bond donors (Lipinski definition) is 1. The molecule has 1 fully saturated rings. The molecule has 2 aliphatic heterocycles. The Kier molecular flexibility index (Phi) is 28.3. The van der Waals surface area contributed by atoms with Gasteiger partial charge in [-0.1, -0.05) is 129 Å². The second-order valence-electron chi connectivity index (χ2n) is 23.2. The molecule has 5 amide bonds. The normalized spacial score (nSPS) is 17.8. The van der Waals surface area contributed by atoms with Gasteiger partial charge in [0.05, 0.1) is 49.2 Å². The molecule has 1 N–H and O–H groups in total. The monoisotopic (exact) mass is 1130 g/mol. The second-order valence-corrected chi connectivity index (χ2v) is 23.2. The van der Waals surface area contributed by atoms with E-state index in [9.17, 15) is 43.2 Å². The van der Waals surface area contributed by atoms with Crippen LogP contribution >= 0.6 is 0 Å². The summed E-state index contributed by atoms with van der Waals surface area (Å²) in [4.78, 5) is 127. The molecule has 0 aliphatic carbocycles. The van der Waals surface area contributed by atoms with Crippen molar-refractivity contribution in [2.45, 2.75) is 175 Å². The van der Waals surface area contributed by atoms with Crippen LogP contribution in [-0.2, 0) is 64.0 Å². The van der Waals surface area contributed by atoms with Crippen LogP contribution in [0.2, 0.25) is 0 Å². The maximum atomic E-state index is 14.8. The van der Waals surface area contributed by atoms with E-state index in [0.29, 0.717) is 64.6 Å². The van der Waals surface area contributed by atoms with E-state index in [4.69, 9.17) is 14.2 Å². The molecule has 2 heterocycles. The summed E-state index contributed by atoms with van der Waals surface area (Å²) in [5.74, 6) is -4.90. The Balaban J connectivity index is 1.36. The number of benzene rings is 2. The average Bonchev–Trinajstić information content (AvgIpc) is 4.07. The molecule has 2 aromatic carbocycles. The minimum Gasteiger partial charge on any atom is -0.461 e. The van der Waals surface area contributed by atoms with E-state index in [-0.39, 0.29) is 116 Å². The lowest BCUT2D eigenvalue weighted by Crippen LogP contribution is -2.54. The Hall–Kier alpha value is -5.91. The molecule has 2 aromatic rings. The molecule has 17 heteroatoms. The standard InChI is InChI=1S/C64H95N5O12/c1-13-44(6)61(67(10)63(77)50(42(2)3)37-54(72)60(43(4)5)66(9)34-23-29-49(70)40-65-56(73)31-21-16-22-35-69-57(74)32-33-58(69)75)55(79-11)39-59(76)68-36-24-30-52(68)62(80-12)46(8)53(71)38-51(45(7)48-27-19-15-20-28-48)64(78)81-41-47-25-17-14-18-26-47/h14-15,17-20,25-28,32-33,42-46,50-52,55,60-62H,13,16,21-24,29-31,34-41H2,1-12H3,(H,65,73)/t44-,45-,46-,50-,51-,52-,55+,60-,61-,62+/m0/s1. The van der Waals surface area contributed by atoms with Gasteiger partial charge in [-0.25, -0.2) is 0 Å². The quantitative estimate of drug-likeness (QED) is 0.0386. The van der Waals surface area contributed by atoms with Gasteiger partial charge in [0.25, 0.3) is 11.8 Å². The van der Waals surface area contributed by atoms with E-state index in [2.05, 4.69) is 5.32 Å². The van der Waals surface area contributed by atoms with Crippen molar-refractivity contribution in [2.24, 2.45) is 35.5 Å². The predicted octanol–water partition coefficient (Wildman–Crippen LogP) is 8.17. The second kappa shape index (κ2) is 33.9. The first-order valence-corrected chi connectivity index (χ1v) is 29.5. The molecule has 4 rings (SSSR count). The van der Waals surface area contributed by atoms with Gasteiger partial charge in [0.1, 0.15) is 12.4 Å². The summed E-state index contributed by atoms with van der Waals surface area (Å²) < 4.78 is 18.1. The minimum atomic E-state index is -0.761. The van der Waals surface area contributed by atoms with Crippen LogP contribution < -0.4 is 5.32 Å². The largest absolute Gasteiger partial charge is 0.461 e. The van der Waals surface area contributed by atoms with Crippen molar-refractivity contribution in [2.75, 3.05) is 54.5 Å². The van der Waals surface area contributed by atoms with Crippen LogP contribution in [0.3, 0.4) is 0 Å². The third-order valence-electron chi connectivity index (χ3n) is 16.8. The number of carbonyl (C=O) groups is 9. The summed E-state index contributed by atoms with van der Waals surface area (Å²) in [7, 11) is 6.69. The highest BCUT2D eigenvalue weighted by atomic mass is 16.5. The Morgan fingerprint density at radius 3 is 1.95 bits per heavy atom. The average molecular weight is 1130 g/mol. The highest BCUT2D eigenvalue weighted by Crippen LogP contribution is 2.34. The number of hydrogen-bond acceptors (Lipinski definition) is 13. The summed E-state index contributed by atoms with van der Waals surface area (Å²) >= 11 is 0. The number of likely N-dealkylation sites (tertiary alicyclic amines) is 1. The number of ketones is 3. The summed E-state index contributed by atoms with van der Waals surface area (Å²) in [6, 6.07) is 17.6. The number of carbonyl (C=O) groups excluding carboxylic acids is 9. The van der Waals surface area contributed by atoms with Gasteiger partial charge in [0.2, 0.25) is 17.7 Å². The van der Waals surface area contributed by atoms with Crippen LogP contribution in [-0.4, -0.2) is 157 Å². The van der Waals surface area contributed by atoms with Gasteiger partial charge >= 0.3 is 5.97 Å². The number of unbranched alkanes of at least 4 members (excludes halogenated alkanes) is 2. The Bertz CT molecular complexity index is 2400. The third-order valence-corrected chi connectivity index (χ3v) is 16.8. The molecule has 0 bridgehead atoms. The molecule has 0 radical (unpaired) electrons. The SMILES string of the molecule is CC[C@H](C)[C@@H]([C@@H](CC(=O)N1CCC[C@H]1[C@H](OC)[C@@H](C)C(=O)C[C@H](C(=O)OCc1ccccc1)[C@@H](C)c1ccccc1)OC)N(C)C(=O)[C@@H](CC(=O)[C@H](C(C)C)N(C)CCCC(=O)CNC(=O)CCCCCN1C(=O)C=CC1=O)C(C)C. The Morgan fingerprint density at radius 2 is 1.36 bits per heavy atom. The highest BCUT2D eigenvalue weighted by Gasteiger charge is 2.44. The zero-order valence-corrected chi connectivity index (χ0v) is 50.6. The fourth-order valence-corrected chi connectivity index (χ4v) is 11.8. The smallest absolute Gasteiger partial charge is 0.310 e. The summed E-state index contributed by atoms with van der Waals surface area (Å²) in [5, 5.41) is 2.69. The van der Waals surface area contributed by atoms with Crippen LogP contribution in [0.4, 0.5) is 0 Å². The van der Waals surface area contributed by atoms with E-state index >= 15 is 0 Å². The number of likely N-dealkylation sites (N-methyl/N-ethyl adjacent to an activating group) is 2. The number of esters is 1. The van der Waals surface area contributed by atoms with Crippen molar-refractivity contribution < 1.29 is 57.4 Å². The summed E-state index contributed by atoms with van der Waals surface area (Å²) in [5.41, 5.74) is 1.76. The van der Waals surface area contributed by atoms with Crippen molar-refractivity contribution in [1.29, 1.82) is 0 Å². The first kappa shape index (κ1) is 67.6. The van der Waals surface area contributed by atoms with Gasteiger partial charge < -0.3 is 29.3 Å². The molecule has 17 nitrogen and oxygen atoms in total. The van der Waals surface area contributed by atoms with Crippen molar-refractivity contribution >= 4 is 52.9 Å². The van der Waals surface area contributed by atoms with Crippen LogP contribution in [0.25, 0.3) is 0 Å². The number of Topliss-reactive ketones (excluding diaryl/α,β-unsaturated/α-hetero) is 3. The lowest BCUT2D eigenvalue weighted by atomic mass is 9.80. The molecule has 1 saturated heterocycles. The van der Waals surface area contributed by atoms with E-state index in [1.807, 2.05) is 121 Å². The number of nitrogens with zero attached hydrogens (tertiary/aromatic N) is 4. The maximum absolute atomic E-state index is 14.8. The third kappa shape index (κ3) is 19.9. The molecule has 0 spiro atoms. The lowest BCUT2D eigenvalue weighted by molar-refractivity contribution is -0.153. The van der Waals surface area contributed by atoms with E-state index in [1.54, 1.807) is 38.0 Å². The van der Waals surface area contributed by atoms with Crippen LogP contribution in [0.1, 0.15) is 149 Å². The van der Waals surface area contributed by atoms with Crippen LogP contribution in [0.15, 0.2) is 72.8 Å². The topological polar surface area (TPSA) is 206 Å². The van der Waals surface area contributed by atoms with E-state index in [1.165, 1.54) is 17.1 Å². The minimum absolute atomic E-state index is 0.0000608. The van der Waals surface area contributed by atoms with Crippen molar-refractivity contribution in [3.8, 4) is 0 Å². The van der Waals surface area contributed by atoms with Gasteiger partial charge in [-0.15, -0.1) is 0 Å². The molecular formula is C64H95N5O12. The Morgan fingerprint density at radius 1 is 0.728 bits per heavy atom. The van der Waals surface area contributed by atoms with E-state index < -0.39 is 54.1 Å². The summed E-state index contributed by atoms with van der Waals surface area (Å²) in [6.07, 6.45) is 5.75. The van der Waals surface area contributed by atoms with Crippen molar-refractivity contribution in [3.63, 3.8) is 0 Å². The molecule has 2 aliphatic rings. The molecular weight excluding hydrogens is 1030 g/mol. The molecule has 448 valence electrons. The molecule has 0 saturated carbocycles. The molecule has 0 aromatic heterocycles. The number of amides is 5. The Labute approximate surface area is 482 Å². The van der Waals surface area contributed by atoms with Gasteiger partial charge in [-0.05, 0) is 80.5 Å². The van der Waals surface area contributed by atoms with Crippen LogP contribution in [0.5, 0.6) is 0 Å². The number of imide groups is 1. The zero-order chi connectivity index (χ0) is 59.9. The van der Waals surface area contributed by atoms with Crippen molar-refractivity contribution in [3.05, 3.63) is 83.9 Å². The number of ether oxygens (including phenoxy) is 3. The zero-order valence-electron chi connectivity index (χ0n) is 50.6. The van der Waals surface area contributed by atoms with Gasteiger partial charge in [-0.2, -0.15) is 0 Å². The van der Waals surface area contributed by atoms with Crippen molar-refractivity contribution in [1.82, 2.24) is 24.9 Å². The van der Waals surface area contributed by atoms with Gasteiger partial charge in [0.15, 0.2) is 11.6 Å². The number of rotatable bonds is 37. The molecule has 10 atom stereocenters. The van der Waals surface area contributed by atoms with Crippen LogP contribution in [0, 0.1) is 35.5 Å². The maximum Gasteiger partial charge on any atom is 0.310 e. The predicted molar refractivity (Wildman–Crippen MR) is 311 cm³/mol. The molecule has 0 unspecified atom stereocenters. The highest BCUT2D eigenvalue weighted by molar-refractivity contribution is 6.12. The number of nitrogens with one attached hydrogen (secondary N) is 1. The van der Waals surface area contributed by atoms with E-state index in [0.717, 1.165) is 11.1 Å². The first-order valence-electron chi connectivity index (χ1n) is 29.5.